The molecule has 0 amide bonds. The lowest BCUT2D eigenvalue weighted by Gasteiger charge is -2.21. The Kier molecular flexibility index (Phi) is 69.6. The minimum absolute atomic E-state index is 0.108. The Bertz CT molecular complexity index is 1860. The number of ether oxygens (including phenoxy) is 4. The average Bonchev–Trinajstić information content (AvgIpc) is 1.92. The molecule has 0 saturated carbocycles. The van der Waals surface area contributed by atoms with Gasteiger partial charge in [0.15, 0.2) is 12.2 Å². The van der Waals surface area contributed by atoms with Crippen LogP contribution in [-0.2, 0) is 65.4 Å². The van der Waals surface area contributed by atoms with Gasteiger partial charge in [0.25, 0.3) is 0 Å². The molecule has 5 atom stereocenters. The van der Waals surface area contributed by atoms with Gasteiger partial charge >= 0.3 is 39.5 Å². The van der Waals surface area contributed by atoms with E-state index < -0.39 is 97.5 Å². The summed E-state index contributed by atoms with van der Waals surface area (Å²) in [4.78, 5) is 72.8. The third kappa shape index (κ3) is 72.2. The highest BCUT2D eigenvalue weighted by Crippen LogP contribution is 2.45. The lowest BCUT2D eigenvalue weighted by molar-refractivity contribution is -0.161. The number of unbranched alkanes of at least 4 members (excludes halogenated alkanes) is 50. The topological polar surface area (TPSA) is 237 Å². The molecule has 0 aliphatic heterocycles. The number of esters is 4. The molecule has 2 unspecified atom stereocenters. The Morgan fingerprint density at radius 2 is 0.474 bits per heavy atom. The zero-order valence-electron chi connectivity index (χ0n) is 63.2. The first-order valence-corrected chi connectivity index (χ1v) is 43.6. The van der Waals surface area contributed by atoms with Crippen LogP contribution in [0, 0.1) is 5.92 Å². The molecular weight excluding hydrogens is 1270 g/mol. The second kappa shape index (κ2) is 71.1. The standard InChI is InChI=1S/C78H152O17P2/c1-6-9-12-15-18-21-23-25-26-27-28-29-30-35-39-44-49-54-59-64-78(83)95-74(68-89-76(81)62-57-52-47-42-38-34-32-31-33-36-41-45-50-55-60-71(4)5)70-93-97(86,87)91-66-72(79)65-90-96(84,85)92-69-73(67-88-75(80)61-56-51-46-40-20-17-14-11-8-3)94-77(82)63-58-53-48-43-37-24-22-19-16-13-10-7-2/h71-74,79H,6-70H2,1-5H3,(H,84,85)(H,86,87)/t72-,73+,74+/m0/s1. The SMILES string of the molecule is CCCCCCCCCCCCCCCCCCCCCC(=O)O[C@H](COC(=O)CCCCCCCCCCCCCCCCC(C)C)COP(=O)(O)OC[C@@H](O)COP(=O)(O)OC[C@@H](COC(=O)CCCCCCCCCCC)OC(=O)CCCCCCCCCCCCCC. The van der Waals surface area contributed by atoms with Crippen LogP contribution in [0.2, 0.25) is 0 Å². The van der Waals surface area contributed by atoms with Crippen LogP contribution in [-0.4, -0.2) is 96.7 Å². The number of carbonyl (C=O) groups is 4. The molecule has 0 bridgehead atoms. The average molecular weight is 1420 g/mol. The molecule has 0 aromatic carbocycles. The Morgan fingerprint density at radius 1 is 0.278 bits per heavy atom. The van der Waals surface area contributed by atoms with Crippen molar-refractivity contribution in [3.8, 4) is 0 Å². The second-order valence-electron chi connectivity index (χ2n) is 28.6. The molecule has 17 nitrogen and oxygen atoms in total. The van der Waals surface area contributed by atoms with Gasteiger partial charge in [-0.05, 0) is 31.6 Å². The van der Waals surface area contributed by atoms with Gasteiger partial charge in [-0.1, -0.05) is 362 Å². The number of aliphatic hydroxyl groups excluding tert-OH is 1. The van der Waals surface area contributed by atoms with E-state index in [1.807, 2.05) is 0 Å². The van der Waals surface area contributed by atoms with Gasteiger partial charge in [-0.25, -0.2) is 9.13 Å². The van der Waals surface area contributed by atoms with E-state index in [1.165, 1.54) is 238 Å². The summed E-state index contributed by atoms with van der Waals surface area (Å²) in [6.45, 7) is 7.32. The van der Waals surface area contributed by atoms with Crippen LogP contribution >= 0.6 is 15.6 Å². The van der Waals surface area contributed by atoms with Crippen molar-refractivity contribution in [3.63, 3.8) is 0 Å². The largest absolute Gasteiger partial charge is 0.472 e. The highest BCUT2D eigenvalue weighted by molar-refractivity contribution is 7.47. The molecule has 0 spiro atoms. The van der Waals surface area contributed by atoms with Gasteiger partial charge < -0.3 is 33.8 Å². The normalized spacial score (nSPS) is 13.9. The van der Waals surface area contributed by atoms with E-state index in [1.54, 1.807) is 0 Å². The van der Waals surface area contributed by atoms with E-state index >= 15 is 0 Å². The smallest absolute Gasteiger partial charge is 0.462 e. The molecule has 0 aromatic heterocycles. The fourth-order valence-electron chi connectivity index (χ4n) is 12.1. The van der Waals surface area contributed by atoms with Crippen molar-refractivity contribution < 1.29 is 80.2 Å². The van der Waals surface area contributed by atoms with Gasteiger partial charge in [0.2, 0.25) is 0 Å². The van der Waals surface area contributed by atoms with E-state index in [4.69, 9.17) is 37.0 Å². The molecule has 97 heavy (non-hydrogen) atoms. The van der Waals surface area contributed by atoms with E-state index in [-0.39, 0.29) is 25.7 Å². The van der Waals surface area contributed by atoms with E-state index in [2.05, 4.69) is 34.6 Å². The third-order valence-corrected chi connectivity index (χ3v) is 20.2. The summed E-state index contributed by atoms with van der Waals surface area (Å²) in [5.74, 6) is -1.31. The van der Waals surface area contributed by atoms with Crippen LogP contribution in [0.25, 0.3) is 0 Å². The maximum Gasteiger partial charge on any atom is 0.472 e. The molecule has 0 fully saturated rings. The Balaban J connectivity index is 5.21. The monoisotopic (exact) mass is 1420 g/mol. The summed E-state index contributed by atoms with van der Waals surface area (Å²) < 4.78 is 68.6. The Morgan fingerprint density at radius 3 is 0.701 bits per heavy atom. The van der Waals surface area contributed by atoms with Crippen molar-refractivity contribution in [2.75, 3.05) is 39.6 Å². The molecule has 0 saturated heterocycles. The van der Waals surface area contributed by atoms with Crippen molar-refractivity contribution >= 4 is 39.5 Å². The molecule has 0 aliphatic rings. The number of phosphoric acid groups is 2. The molecule has 0 aliphatic carbocycles. The number of aliphatic hydroxyl groups is 1. The minimum atomic E-state index is -4.96. The summed E-state index contributed by atoms with van der Waals surface area (Å²) in [5.41, 5.74) is 0. The van der Waals surface area contributed by atoms with Crippen molar-refractivity contribution in [3.05, 3.63) is 0 Å². The quantitative estimate of drug-likeness (QED) is 0.0222. The van der Waals surface area contributed by atoms with Gasteiger partial charge in [-0.2, -0.15) is 0 Å². The summed E-state index contributed by atoms with van der Waals surface area (Å²) >= 11 is 0. The summed E-state index contributed by atoms with van der Waals surface area (Å²) in [6.07, 6.45) is 61.0. The molecule has 0 rings (SSSR count). The van der Waals surface area contributed by atoms with Crippen LogP contribution in [0.15, 0.2) is 0 Å². The Labute approximate surface area is 594 Å². The summed E-state index contributed by atoms with van der Waals surface area (Å²) in [5, 5.41) is 10.6. The molecule has 0 heterocycles. The van der Waals surface area contributed by atoms with Crippen LogP contribution in [0.5, 0.6) is 0 Å². The van der Waals surface area contributed by atoms with Crippen LogP contribution in [0.4, 0.5) is 0 Å². The van der Waals surface area contributed by atoms with Gasteiger partial charge in [0, 0.05) is 25.7 Å². The maximum absolute atomic E-state index is 13.1. The number of hydrogen-bond acceptors (Lipinski definition) is 15. The number of hydrogen-bond donors (Lipinski definition) is 3. The zero-order valence-corrected chi connectivity index (χ0v) is 65.0. The molecule has 19 heteroatoms. The second-order valence-corrected chi connectivity index (χ2v) is 31.5. The first kappa shape index (κ1) is 95.1. The van der Waals surface area contributed by atoms with Crippen LogP contribution < -0.4 is 0 Å². The highest BCUT2D eigenvalue weighted by Gasteiger charge is 2.30. The fourth-order valence-corrected chi connectivity index (χ4v) is 13.6. The molecular formula is C78H152O17P2. The van der Waals surface area contributed by atoms with Crippen molar-refractivity contribution in [2.45, 2.75) is 432 Å². The van der Waals surface area contributed by atoms with Gasteiger partial charge in [0.1, 0.15) is 19.3 Å². The number of carbonyl (C=O) groups excluding carboxylic acids is 4. The molecule has 576 valence electrons. The summed E-state index contributed by atoms with van der Waals surface area (Å²) in [7, 11) is -9.91. The Hall–Kier alpha value is -1.94. The lowest BCUT2D eigenvalue weighted by Crippen LogP contribution is -2.30. The van der Waals surface area contributed by atoms with Gasteiger partial charge in [-0.3, -0.25) is 37.3 Å². The van der Waals surface area contributed by atoms with E-state index in [0.717, 1.165) is 95.8 Å². The molecule has 0 aromatic rings. The molecule has 3 N–H and O–H groups in total. The van der Waals surface area contributed by atoms with Gasteiger partial charge in [0.05, 0.1) is 26.4 Å². The van der Waals surface area contributed by atoms with Gasteiger partial charge in [-0.15, -0.1) is 0 Å². The minimum Gasteiger partial charge on any atom is -0.462 e. The highest BCUT2D eigenvalue weighted by atomic mass is 31.2. The fraction of sp³-hybridized carbons (Fsp3) is 0.949. The summed E-state index contributed by atoms with van der Waals surface area (Å²) in [6, 6.07) is 0. The number of rotatable bonds is 78. The van der Waals surface area contributed by atoms with Crippen LogP contribution in [0.1, 0.15) is 413 Å². The lowest BCUT2D eigenvalue weighted by atomic mass is 10.0. The first-order chi connectivity index (χ1) is 47.0. The predicted molar refractivity (Wildman–Crippen MR) is 395 cm³/mol. The maximum atomic E-state index is 13.1. The van der Waals surface area contributed by atoms with Crippen molar-refractivity contribution in [1.82, 2.24) is 0 Å². The zero-order chi connectivity index (χ0) is 71.2. The van der Waals surface area contributed by atoms with E-state index in [0.29, 0.717) is 25.7 Å². The number of phosphoric ester groups is 2. The molecule has 0 radical (unpaired) electrons. The third-order valence-electron chi connectivity index (χ3n) is 18.3. The van der Waals surface area contributed by atoms with Crippen LogP contribution in [0.3, 0.4) is 0 Å². The predicted octanol–water partition coefficient (Wildman–Crippen LogP) is 23.3. The van der Waals surface area contributed by atoms with E-state index in [9.17, 15) is 43.2 Å². The first-order valence-electron chi connectivity index (χ1n) is 40.6. The van der Waals surface area contributed by atoms with Crippen molar-refractivity contribution in [1.29, 1.82) is 0 Å². The van der Waals surface area contributed by atoms with Crippen molar-refractivity contribution in [2.24, 2.45) is 5.92 Å².